The summed E-state index contributed by atoms with van der Waals surface area (Å²) < 4.78 is 29.1. The van der Waals surface area contributed by atoms with E-state index >= 15 is 0 Å². The summed E-state index contributed by atoms with van der Waals surface area (Å²) >= 11 is 0. The Labute approximate surface area is 166 Å². The van der Waals surface area contributed by atoms with Crippen LogP contribution < -0.4 is 5.32 Å². The number of anilines is 1. The molecule has 1 amide bonds. The number of likely N-dealkylation sites (N-methyl/N-ethyl adjacent to an activating group) is 1. The van der Waals surface area contributed by atoms with E-state index in [-0.39, 0.29) is 23.3 Å². The fourth-order valence-electron chi connectivity index (χ4n) is 4.19. The molecule has 0 unspecified atom stereocenters. The van der Waals surface area contributed by atoms with Crippen LogP contribution in [0.3, 0.4) is 0 Å². The van der Waals surface area contributed by atoms with E-state index in [0.717, 1.165) is 25.1 Å². The summed E-state index contributed by atoms with van der Waals surface area (Å²) in [6, 6.07) is 0.899. The van der Waals surface area contributed by atoms with Crippen LogP contribution in [0.2, 0.25) is 0 Å². The molecular weight excluding hydrogens is 364 g/mol. The van der Waals surface area contributed by atoms with Crippen LogP contribution in [-0.4, -0.2) is 71.7 Å². The molecule has 28 heavy (non-hydrogen) atoms. The lowest BCUT2D eigenvalue weighted by atomic mass is 9.86. The zero-order valence-electron chi connectivity index (χ0n) is 17.6. The lowest BCUT2D eigenvalue weighted by Gasteiger charge is -2.41. The maximum atomic E-state index is 13.8. The topological polar surface area (TPSA) is 53.4 Å². The predicted octanol–water partition coefficient (Wildman–Crippen LogP) is 2.97. The molecule has 1 saturated heterocycles. The SMILES string of the molecule is CN(C)CC(=O)N1CCC[C@@H]([C@@H]2C[C@H](C(F)F)n3nc(C(C)(C)C)cc3N2)C1. The number of amides is 1. The predicted molar refractivity (Wildman–Crippen MR) is 106 cm³/mol. The Bertz CT molecular complexity index is 697. The molecule has 0 radical (unpaired) electrons. The standard InChI is InChI=1S/C20H33F2N5O/c1-20(2,3)16-10-17-23-14(9-15(19(21)22)27(17)24-16)13-7-6-8-26(11-13)18(28)12-25(4)5/h10,13-15,19,23H,6-9,11-12H2,1-5H3/t13-,14+,15-/m1/s1. The highest BCUT2D eigenvalue weighted by molar-refractivity contribution is 5.78. The van der Waals surface area contributed by atoms with Crippen molar-refractivity contribution in [2.45, 2.75) is 64.0 Å². The third-order valence-electron chi connectivity index (χ3n) is 5.77. The van der Waals surface area contributed by atoms with Gasteiger partial charge < -0.3 is 15.1 Å². The Morgan fingerprint density at radius 1 is 1.39 bits per heavy atom. The van der Waals surface area contributed by atoms with E-state index in [2.05, 4.69) is 10.4 Å². The first-order valence-corrected chi connectivity index (χ1v) is 10.1. The highest BCUT2D eigenvalue weighted by Crippen LogP contribution is 2.38. The number of hydrogen-bond acceptors (Lipinski definition) is 4. The summed E-state index contributed by atoms with van der Waals surface area (Å²) in [7, 11) is 3.76. The zero-order chi connectivity index (χ0) is 20.6. The quantitative estimate of drug-likeness (QED) is 0.849. The van der Waals surface area contributed by atoms with Crippen LogP contribution in [0.1, 0.15) is 51.8 Å². The lowest BCUT2D eigenvalue weighted by molar-refractivity contribution is -0.133. The molecule has 0 aromatic carbocycles. The van der Waals surface area contributed by atoms with Crippen molar-refractivity contribution < 1.29 is 13.6 Å². The lowest BCUT2D eigenvalue weighted by Crippen LogP contribution is -2.49. The van der Waals surface area contributed by atoms with Crippen LogP contribution in [0.25, 0.3) is 0 Å². The minimum atomic E-state index is -2.47. The number of likely N-dealkylation sites (tertiary alicyclic amines) is 1. The van der Waals surface area contributed by atoms with E-state index in [4.69, 9.17) is 0 Å². The smallest absolute Gasteiger partial charge is 0.260 e. The molecule has 1 aromatic heterocycles. The highest BCUT2D eigenvalue weighted by atomic mass is 19.3. The summed E-state index contributed by atoms with van der Waals surface area (Å²) in [5.41, 5.74) is 0.613. The van der Waals surface area contributed by atoms with E-state index in [9.17, 15) is 13.6 Å². The van der Waals surface area contributed by atoms with Crippen LogP contribution in [0.15, 0.2) is 6.07 Å². The number of carbonyl (C=O) groups excluding carboxylic acids is 1. The van der Waals surface area contributed by atoms with Gasteiger partial charge in [0.1, 0.15) is 11.9 Å². The number of rotatable bonds is 4. The molecule has 2 aliphatic rings. The first-order valence-electron chi connectivity index (χ1n) is 10.1. The van der Waals surface area contributed by atoms with E-state index in [1.165, 1.54) is 4.68 Å². The Morgan fingerprint density at radius 2 is 2.11 bits per heavy atom. The van der Waals surface area contributed by atoms with Crippen molar-refractivity contribution in [3.8, 4) is 0 Å². The van der Waals surface area contributed by atoms with Crippen molar-refractivity contribution in [3.05, 3.63) is 11.8 Å². The highest BCUT2D eigenvalue weighted by Gasteiger charge is 2.39. The van der Waals surface area contributed by atoms with Crippen molar-refractivity contribution >= 4 is 11.7 Å². The number of piperidine rings is 1. The number of carbonyl (C=O) groups is 1. The fourth-order valence-corrected chi connectivity index (χ4v) is 4.19. The van der Waals surface area contributed by atoms with Crippen LogP contribution in [0.5, 0.6) is 0 Å². The molecule has 1 fully saturated rings. The molecule has 158 valence electrons. The first kappa shape index (κ1) is 21.0. The Hall–Kier alpha value is -1.70. The van der Waals surface area contributed by atoms with Crippen LogP contribution in [0.4, 0.5) is 14.6 Å². The van der Waals surface area contributed by atoms with Crippen molar-refractivity contribution in [3.63, 3.8) is 0 Å². The summed E-state index contributed by atoms with van der Waals surface area (Å²) in [5, 5.41) is 7.95. The average molecular weight is 398 g/mol. The molecule has 3 atom stereocenters. The first-order chi connectivity index (χ1) is 13.1. The largest absolute Gasteiger partial charge is 0.367 e. The van der Waals surface area contributed by atoms with E-state index in [1.54, 1.807) is 0 Å². The van der Waals surface area contributed by atoms with Gasteiger partial charge in [0.05, 0.1) is 12.2 Å². The average Bonchev–Trinajstić information content (AvgIpc) is 3.04. The molecule has 3 heterocycles. The maximum absolute atomic E-state index is 13.8. The Balaban J connectivity index is 1.78. The molecule has 0 spiro atoms. The second kappa shape index (κ2) is 7.97. The van der Waals surface area contributed by atoms with Gasteiger partial charge in [-0.1, -0.05) is 20.8 Å². The minimum absolute atomic E-state index is 0.0778. The third-order valence-corrected chi connectivity index (χ3v) is 5.77. The number of halogens is 2. The number of alkyl halides is 2. The maximum Gasteiger partial charge on any atom is 0.260 e. The van der Waals surface area contributed by atoms with E-state index in [0.29, 0.717) is 25.3 Å². The molecular formula is C20H33F2N5O. The van der Waals surface area contributed by atoms with Crippen molar-refractivity contribution in [2.75, 3.05) is 39.0 Å². The van der Waals surface area contributed by atoms with Gasteiger partial charge in [-0.2, -0.15) is 5.10 Å². The van der Waals surface area contributed by atoms with E-state index in [1.807, 2.05) is 50.7 Å². The molecule has 1 N–H and O–H groups in total. The monoisotopic (exact) mass is 397 g/mol. The van der Waals surface area contributed by atoms with E-state index < -0.39 is 12.5 Å². The minimum Gasteiger partial charge on any atom is -0.367 e. The molecule has 3 rings (SSSR count). The van der Waals surface area contributed by atoms with Gasteiger partial charge in [-0.25, -0.2) is 13.5 Å². The second-order valence-electron chi connectivity index (χ2n) is 9.48. The summed E-state index contributed by atoms with van der Waals surface area (Å²) in [4.78, 5) is 16.2. The van der Waals surface area contributed by atoms with Crippen LogP contribution >= 0.6 is 0 Å². The van der Waals surface area contributed by atoms with Gasteiger partial charge in [0, 0.05) is 30.6 Å². The molecule has 1 aromatic rings. The summed E-state index contributed by atoms with van der Waals surface area (Å²) in [6.07, 6.45) is -0.282. The molecule has 2 aliphatic heterocycles. The van der Waals surface area contributed by atoms with Gasteiger partial charge in [0.2, 0.25) is 5.91 Å². The van der Waals surface area contributed by atoms with Crippen LogP contribution in [0, 0.1) is 5.92 Å². The van der Waals surface area contributed by atoms with Crippen molar-refractivity contribution in [1.29, 1.82) is 0 Å². The molecule has 0 aliphatic carbocycles. The second-order valence-corrected chi connectivity index (χ2v) is 9.48. The molecule has 0 saturated carbocycles. The van der Waals surface area contributed by atoms with Crippen molar-refractivity contribution in [1.82, 2.24) is 19.6 Å². The molecule has 6 nitrogen and oxygen atoms in total. The number of fused-ring (bicyclic) bond motifs is 1. The fraction of sp³-hybridized carbons (Fsp3) is 0.800. The van der Waals surface area contributed by atoms with Gasteiger partial charge in [0.25, 0.3) is 6.43 Å². The van der Waals surface area contributed by atoms with Gasteiger partial charge in [-0.3, -0.25) is 4.79 Å². The number of aromatic nitrogens is 2. The Kier molecular flexibility index (Phi) is 5.98. The third kappa shape index (κ3) is 4.47. The molecule has 8 heteroatoms. The van der Waals surface area contributed by atoms with Crippen LogP contribution in [-0.2, 0) is 10.2 Å². The van der Waals surface area contributed by atoms with Crippen molar-refractivity contribution in [2.24, 2.45) is 5.92 Å². The van der Waals surface area contributed by atoms with Gasteiger partial charge >= 0.3 is 0 Å². The van der Waals surface area contributed by atoms with Gasteiger partial charge in [-0.05, 0) is 39.3 Å². The van der Waals surface area contributed by atoms with Gasteiger partial charge in [-0.15, -0.1) is 0 Å². The molecule has 0 bridgehead atoms. The Morgan fingerprint density at radius 3 is 2.71 bits per heavy atom. The summed E-state index contributed by atoms with van der Waals surface area (Å²) in [6.45, 7) is 7.86. The van der Waals surface area contributed by atoms with Gasteiger partial charge in [0.15, 0.2) is 0 Å². The summed E-state index contributed by atoms with van der Waals surface area (Å²) in [5.74, 6) is 0.946. The number of nitrogens with zero attached hydrogens (tertiary/aromatic N) is 4. The number of nitrogens with one attached hydrogen (secondary N) is 1. The zero-order valence-corrected chi connectivity index (χ0v) is 17.6. The number of hydrogen-bond donors (Lipinski definition) is 1. The normalized spacial score (nSPS) is 25.8.